The topological polar surface area (TPSA) is 75.6 Å². The number of hydrogen-bond donors (Lipinski definition) is 2. The number of benzene rings is 2. The van der Waals surface area contributed by atoms with Gasteiger partial charge in [0.15, 0.2) is 0 Å². The summed E-state index contributed by atoms with van der Waals surface area (Å²) in [6, 6.07) is 12.1. The quantitative estimate of drug-likeness (QED) is 0.890. The van der Waals surface area contributed by atoms with Gasteiger partial charge in [-0.1, -0.05) is 24.3 Å². The largest absolute Gasteiger partial charge is 0.496 e. The van der Waals surface area contributed by atoms with Crippen molar-refractivity contribution in [3.8, 4) is 5.75 Å². The maximum absolute atomic E-state index is 12.3. The first-order chi connectivity index (χ1) is 10.5. The lowest BCUT2D eigenvalue weighted by molar-refractivity contribution is -0.136. The van der Waals surface area contributed by atoms with Gasteiger partial charge in [-0.2, -0.15) is 0 Å². The van der Waals surface area contributed by atoms with Crippen molar-refractivity contribution in [3.05, 3.63) is 59.2 Å². The van der Waals surface area contributed by atoms with Gasteiger partial charge in [0.2, 0.25) is 0 Å². The molecule has 2 N–H and O–H groups in total. The number of carboxylic acid groups (broad SMARTS) is 1. The molecule has 0 aliphatic heterocycles. The highest BCUT2D eigenvalue weighted by Crippen LogP contribution is 2.24. The molecule has 22 heavy (non-hydrogen) atoms. The number of methoxy groups -OCH3 is 1. The van der Waals surface area contributed by atoms with Crippen LogP contribution in [-0.4, -0.2) is 24.1 Å². The molecule has 0 aliphatic rings. The van der Waals surface area contributed by atoms with Gasteiger partial charge in [-0.3, -0.25) is 9.59 Å². The normalized spacial score (nSPS) is 10.1. The number of ether oxygens (including phenoxy) is 1. The number of aryl methyl sites for hydroxylation is 1. The van der Waals surface area contributed by atoms with Gasteiger partial charge in [-0.05, 0) is 36.2 Å². The van der Waals surface area contributed by atoms with Gasteiger partial charge >= 0.3 is 5.97 Å². The monoisotopic (exact) mass is 299 g/mol. The van der Waals surface area contributed by atoms with Gasteiger partial charge in [-0.15, -0.1) is 0 Å². The molecule has 5 nitrogen and oxygen atoms in total. The number of para-hydroxylation sites is 1. The minimum Gasteiger partial charge on any atom is -0.496 e. The van der Waals surface area contributed by atoms with Gasteiger partial charge in [0, 0.05) is 5.69 Å². The summed E-state index contributed by atoms with van der Waals surface area (Å²) in [5.74, 6) is -0.615. The summed E-state index contributed by atoms with van der Waals surface area (Å²) in [4.78, 5) is 23.0. The van der Waals surface area contributed by atoms with E-state index in [-0.39, 0.29) is 12.3 Å². The van der Waals surface area contributed by atoms with Crippen molar-refractivity contribution in [3.63, 3.8) is 0 Å². The predicted octanol–water partition coefficient (Wildman–Crippen LogP) is 2.88. The van der Waals surface area contributed by atoms with E-state index in [0.29, 0.717) is 22.6 Å². The first kappa shape index (κ1) is 15.6. The minimum absolute atomic E-state index is 0.0417. The van der Waals surface area contributed by atoms with Crippen LogP contribution in [0.1, 0.15) is 21.5 Å². The van der Waals surface area contributed by atoms with Crippen LogP contribution in [0.2, 0.25) is 0 Å². The molecular weight excluding hydrogens is 282 g/mol. The van der Waals surface area contributed by atoms with E-state index < -0.39 is 5.97 Å². The first-order valence-corrected chi connectivity index (χ1v) is 6.77. The van der Waals surface area contributed by atoms with E-state index in [1.807, 2.05) is 13.0 Å². The van der Waals surface area contributed by atoms with Crippen molar-refractivity contribution in [2.75, 3.05) is 12.4 Å². The molecule has 0 unspecified atom stereocenters. The number of rotatable bonds is 5. The third kappa shape index (κ3) is 3.63. The van der Waals surface area contributed by atoms with Crippen LogP contribution in [0.25, 0.3) is 0 Å². The van der Waals surface area contributed by atoms with Gasteiger partial charge in [0.25, 0.3) is 5.91 Å². The second kappa shape index (κ2) is 6.76. The van der Waals surface area contributed by atoms with Crippen molar-refractivity contribution in [2.24, 2.45) is 0 Å². The number of hydrogen-bond acceptors (Lipinski definition) is 3. The molecule has 1 amide bonds. The number of carboxylic acids is 1. The number of aliphatic carboxylic acids is 1. The average Bonchev–Trinajstić information content (AvgIpc) is 2.48. The van der Waals surface area contributed by atoms with Crippen molar-refractivity contribution >= 4 is 17.6 Å². The van der Waals surface area contributed by atoms with Crippen LogP contribution >= 0.6 is 0 Å². The Morgan fingerprint density at radius 3 is 2.41 bits per heavy atom. The Labute approximate surface area is 128 Å². The SMILES string of the molecule is COc1c(C)cccc1C(=O)Nc1ccc(CC(=O)O)cc1. The molecule has 2 aromatic carbocycles. The molecule has 0 aliphatic carbocycles. The lowest BCUT2D eigenvalue weighted by Crippen LogP contribution is -2.13. The summed E-state index contributed by atoms with van der Waals surface area (Å²) in [5, 5.41) is 11.5. The standard InChI is InChI=1S/C17H17NO4/c1-11-4-3-5-14(16(11)22-2)17(21)18-13-8-6-12(7-9-13)10-15(19)20/h3-9H,10H2,1-2H3,(H,18,21)(H,19,20). The Morgan fingerprint density at radius 2 is 1.82 bits per heavy atom. The lowest BCUT2D eigenvalue weighted by atomic mass is 10.1. The summed E-state index contributed by atoms with van der Waals surface area (Å²) >= 11 is 0. The molecule has 0 saturated heterocycles. The zero-order valence-corrected chi connectivity index (χ0v) is 12.4. The lowest BCUT2D eigenvalue weighted by Gasteiger charge is -2.11. The molecular formula is C17H17NO4. The molecule has 2 aromatic rings. The van der Waals surface area contributed by atoms with Crippen molar-refractivity contribution in [1.82, 2.24) is 0 Å². The molecule has 0 radical (unpaired) electrons. The van der Waals surface area contributed by atoms with Crippen LogP contribution in [0.15, 0.2) is 42.5 Å². The number of carbonyl (C=O) groups excluding carboxylic acids is 1. The molecule has 0 aromatic heterocycles. The van der Waals surface area contributed by atoms with Crippen molar-refractivity contribution < 1.29 is 19.4 Å². The number of carbonyl (C=O) groups is 2. The second-order valence-electron chi connectivity index (χ2n) is 4.88. The van der Waals surface area contributed by atoms with Crippen LogP contribution in [-0.2, 0) is 11.2 Å². The number of nitrogens with one attached hydrogen (secondary N) is 1. The maximum Gasteiger partial charge on any atom is 0.307 e. The maximum atomic E-state index is 12.3. The van der Waals surface area contributed by atoms with E-state index in [9.17, 15) is 9.59 Å². The van der Waals surface area contributed by atoms with Crippen LogP contribution < -0.4 is 10.1 Å². The Kier molecular flexibility index (Phi) is 4.78. The van der Waals surface area contributed by atoms with E-state index in [1.165, 1.54) is 7.11 Å². The summed E-state index contributed by atoms with van der Waals surface area (Å²) in [6.45, 7) is 1.87. The molecule has 0 fully saturated rings. The molecule has 0 bridgehead atoms. The first-order valence-electron chi connectivity index (χ1n) is 6.77. The molecule has 5 heteroatoms. The minimum atomic E-state index is -0.888. The van der Waals surface area contributed by atoms with Gasteiger partial charge in [0.1, 0.15) is 5.75 Å². The molecule has 0 atom stereocenters. The molecule has 0 spiro atoms. The summed E-state index contributed by atoms with van der Waals surface area (Å²) < 4.78 is 5.27. The molecule has 0 saturated carbocycles. The van der Waals surface area contributed by atoms with Gasteiger partial charge < -0.3 is 15.2 Å². The van der Waals surface area contributed by atoms with Crippen LogP contribution in [0.5, 0.6) is 5.75 Å². The van der Waals surface area contributed by atoms with Crippen LogP contribution in [0, 0.1) is 6.92 Å². The predicted molar refractivity (Wildman–Crippen MR) is 83.5 cm³/mol. The third-order valence-electron chi connectivity index (χ3n) is 3.23. The Hall–Kier alpha value is -2.82. The highest BCUT2D eigenvalue weighted by molar-refractivity contribution is 6.06. The fourth-order valence-electron chi connectivity index (χ4n) is 2.18. The summed E-state index contributed by atoms with van der Waals surface area (Å²) in [6.07, 6.45) is -0.0417. The number of amides is 1. The highest BCUT2D eigenvalue weighted by atomic mass is 16.5. The summed E-state index contributed by atoms with van der Waals surface area (Å²) in [5.41, 5.74) is 2.62. The molecule has 2 rings (SSSR count). The van der Waals surface area contributed by atoms with Crippen LogP contribution in [0.4, 0.5) is 5.69 Å². The van der Waals surface area contributed by atoms with Crippen LogP contribution in [0.3, 0.4) is 0 Å². The Bertz CT molecular complexity index is 692. The Morgan fingerprint density at radius 1 is 1.14 bits per heavy atom. The fourth-order valence-corrected chi connectivity index (χ4v) is 2.18. The number of anilines is 1. The zero-order chi connectivity index (χ0) is 16.1. The van der Waals surface area contributed by atoms with E-state index in [2.05, 4.69) is 5.32 Å². The van der Waals surface area contributed by atoms with Crippen molar-refractivity contribution in [2.45, 2.75) is 13.3 Å². The Balaban J connectivity index is 2.15. The van der Waals surface area contributed by atoms with E-state index >= 15 is 0 Å². The highest BCUT2D eigenvalue weighted by Gasteiger charge is 2.14. The second-order valence-corrected chi connectivity index (χ2v) is 4.88. The van der Waals surface area contributed by atoms with Gasteiger partial charge in [-0.25, -0.2) is 0 Å². The molecule has 114 valence electrons. The molecule has 0 heterocycles. The van der Waals surface area contributed by atoms with Gasteiger partial charge in [0.05, 0.1) is 19.1 Å². The summed E-state index contributed by atoms with van der Waals surface area (Å²) in [7, 11) is 1.53. The average molecular weight is 299 g/mol. The third-order valence-corrected chi connectivity index (χ3v) is 3.23. The van der Waals surface area contributed by atoms with Crippen molar-refractivity contribution in [1.29, 1.82) is 0 Å². The van der Waals surface area contributed by atoms with E-state index in [4.69, 9.17) is 9.84 Å². The van der Waals surface area contributed by atoms with E-state index in [1.54, 1.807) is 36.4 Å². The fraction of sp³-hybridized carbons (Fsp3) is 0.176. The zero-order valence-electron chi connectivity index (χ0n) is 12.4. The smallest absolute Gasteiger partial charge is 0.307 e. The van der Waals surface area contributed by atoms with E-state index in [0.717, 1.165) is 5.56 Å².